The zero-order chi connectivity index (χ0) is 13.3. The van der Waals surface area contributed by atoms with Gasteiger partial charge in [-0.15, -0.1) is 11.3 Å². The standard InChI is InChI=1S/C13H11F3OS/c1-8-11(7-18-12(8)6-17)9-2-4-10(5-3-9)13(14,15)16/h2-5,7,17H,6H2,1H3. The smallest absolute Gasteiger partial charge is 0.391 e. The van der Waals surface area contributed by atoms with Crippen LogP contribution in [-0.2, 0) is 12.8 Å². The Balaban J connectivity index is 2.37. The molecule has 1 N–H and O–H groups in total. The summed E-state index contributed by atoms with van der Waals surface area (Å²) < 4.78 is 37.3. The van der Waals surface area contributed by atoms with Crippen molar-refractivity contribution < 1.29 is 18.3 Å². The Bertz CT molecular complexity index is 540. The molecule has 18 heavy (non-hydrogen) atoms. The maximum absolute atomic E-state index is 12.4. The van der Waals surface area contributed by atoms with E-state index in [1.54, 1.807) is 0 Å². The zero-order valence-electron chi connectivity index (χ0n) is 9.58. The minimum Gasteiger partial charge on any atom is -0.391 e. The van der Waals surface area contributed by atoms with E-state index in [9.17, 15) is 13.2 Å². The van der Waals surface area contributed by atoms with Gasteiger partial charge in [0.25, 0.3) is 0 Å². The molecule has 0 bridgehead atoms. The molecular formula is C13H11F3OS. The molecule has 0 aliphatic carbocycles. The normalized spacial score (nSPS) is 11.8. The van der Waals surface area contributed by atoms with Gasteiger partial charge < -0.3 is 5.11 Å². The van der Waals surface area contributed by atoms with E-state index in [2.05, 4.69) is 0 Å². The Hall–Kier alpha value is -1.33. The van der Waals surface area contributed by atoms with Crippen LogP contribution in [0.15, 0.2) is 29.6 Å². The molecule has 0 spiro atoms. The molecule has 1 aromatic heterocycles. The number of benzene rings is 1. The predicted octanol–water partition coefficient (Wildman–Crippen LogP) is 4.23. The van der Waals surface area contributed by atoms with Gasteiger partial charge in [-0.25, -0.2) is 0 Å². The van der Waals surface area contributed by atoms with E-state index in [1.165, 1.54) is 23.5 Å². The summed E-state index contributed by atoms with van der Waals surface area (Å²) in [5.74, 6) is 0. The van der Waals surface area contributed by atoms with Gasteiger partial charge in [-0.05, 0) is 41.1 Å². The van der Waals surface area contributed by atoms with E-state index < -0.39 is 11.7 Å². The van der Waals surface area contributed by atoms with Crippen LogP contribution in [0, 0.1) is 6.92 Å². The first-order chi connectivity index (χ1) is 8.43. The van der Waals surface area contributed by atoms with Crippen molar-refractivity contribution in [2.24, 2.45) is 0 Å². The zero-order valence-corrected chi connectivity index (χ0v) is 10.4. The topological polar surface area (TPSA) is 20.2 Å². The molecule has 0 aliphatic heterocycles. The summed E-state index contributed by atoms with van der Waals surface area (Å²) in [5, 5.41) is 10.9. The molecule has 0 saturated heterocycles. The van der Waals surface area contributed by atoms with E-state index in [1.807, 2.05) is 12.3 Å². The maximum atomic E-state index is 12.4. The third kappa shape index (κ3) is 2.42. The molecule has 0 radical (unpaired) electrons. The number of rotatable bonds is 2. The van der Waals surface area contributed by atoms with E-state index >= 15 is 0 Å². The van der Waals surface area contributed by atoms with Crippen molar-refractivity contribution in [2.45, 2.75) is 19.7 Å². The number of hydrogen-bond donors (Lipinski definition) is 1. The van der Waals surface area contributed by atoms with Gasteiger partial charge in [0.1, 0.15) is 0 Å². The number of halogens is 3. The highest BCUT2D eigenvalue weighted by atomic mass is 32.1. The molecule has 2 aromatic rings. The average Bonchev–Trinajstić information content (AvgIpc) is 2.69. The van der Waals surface area contributed by atoms with Crippen molar-refractivity contribution in [2.75, 3.05) is 0 Å². The summed E-state index contributed by atoms with van der Waals surface area (Å²) in [4.78, 5) is 0.838. The molecule has 5 heteroatoms. The summed E-state index contributed by atoms with van der Waals surface area (Å²) in [7, 11) is 0. The SMILES string of the molecule is Cc1c(-c2ccc(C(F)(F)F)cc2)csc1CO. The lowest BCUT2D eigenvalue weighted by atomic mass is 10.0. The van der Waals surface area contributed by atoms with Crippen molar-refractivity contribution in [1.29, 1.82) is 0 Å². The molecule has 2 rings (SSSR count). The van der Waals surface area contributed by atoms with Crippen LogP contribution in [-0.4, -0.2) is 5.11 Å². The van der Waals surface area contributed by atoms with E-state index in [0.717, 1.165) is 33.7 Å². The molecule has 1 heterocycles. The van der Waals surface area contributed by atoms with Gasteiger partial charge in [-0.2, -0.15) is 13.2 Å². The largest absolute Gasteiger partial charge is 0.416 e. The lowest BCUT2D eigenvalue weighted by Crippen LogP contribution is -2.03. The molecule has 1 aromatic carbocycles. The molecule has 0 unspecified atom stereocenters. The van der Waals surface area contributed by atoms with Crippen molar-refractivity contribution >= 4 is 11.3 Å². The monoisotopic (exact) mass is 272 g/mol. The van der Waals surface area contributed by atoms with Gasteiger partial charge >= 0.3 is 6.18 Å². The van der Waals surface area contributed by atoms with Crippen LogP contribution in [0.3, 0.4) is 0 Å². The van der Waals surface area contributed by atoms with Crippen LogP contribution < -0.4 is 0 Å². The second-order valence-electron chi connectivity index (χ2n) is 3.93. The number of hydrogen-bond acceptors (Lipinski definition) is 2. The minimum atomic E-state index is -4.31. The van der Waals surface area contributed by atoms with Gasteiger partial charge in [0.15, 0.2) is 0 Å². The molecule has 0 fully saturated rings. The Morgan fingerprint density at radius 3 is 2.22 bits per heavy atom. The molecule has 0 amide bonds. The van der Waals surface area contributed by atoms with Crippen molar-refractivity contribution in [1.82, 2.24) is 0 Å². The van der Waals surface area contributed by atoms with Crippen LogP contribution in [0.1, 0.15) is 16.0 Å². The van der Waals surface area contributed by atoms with Crippen LogP contribution in [0.4, 0.5) is 13.2 Å². The van der Waals surface area contributed by atoms with Crippen molar-refractivity contribution in [3.63, 3.8) is 0 Å². The van der Waals surface area contributed by atoms with Crippen molar-refractivity contribution in [3.8, 4) is 11.1 Å². The van der Waals surface area contributed by atoms with E-state index in [0.29, 0.717) is 0 Å². The lowest BCUT2D eigenvalue weighted by Gasteiger charge is -2.07. The molecule has 0 aliphatic rings. The highest BCUT2D eigenvalue weighted by molar-refractivity contribution is 7.10. The Kier molecular flexibility index (Phi) is 3.45. The van der Waals surface area contributed by atoms with Crippen LogP contribution in [0.5, 0.6) is 0 Å². The van der Waals surface area contributed by atoms with Crippen LogP contribution >= 0.6 is 11.3 Å². The van der Waals surface area contributed by atoms with E-state index in [4.69, 9.17) is 5.11 Å². The second-order valence-corrected chi connectivity index (χ2v) is 4.89. The van der Waals surface area contributed by atoms with Crippen molar-refractivity contribution in [3.05, 3.63) is 45.6 Å². The lowest BCUT2D eigenvalue weighted by molar-refractivity contribution is -0.137. The fourth-order valence-corrected chi connectivity index (χ4v) is 2.67. The number of aliphatic hydroxyl groups excluding tert-OH is 1. The van der Waals surface area contributed by atoms with Gasteiger partial charge in [0.2, 0.25) is 0 Å². The highest BCUT2D eigenvalue weighted by Crippen LogP contribution is 2.34. The summed E-state index contributed by atoms with van der Waals surface area (Å²) >= 11 is 1.41. The maximum Gasteiger partial charge on any atom is 0.416 e. The Morgan fingerprint density at radius 2 is 1.78 bits per heavy atom. The van der Waals surface area contributed by atoms with Gasteiger partial charge in [-0.1, -0.05) is 12.1 Å². The summed E-state index contributed by atoms with van der Waals surface area (Å²) in [6.07, 6.45) is -4.31. The van der Waals surface area contributed by atoms with Gasteiger partial charge in [0, 0.05) is 4.88 Å². The molecule has 0 atom stereocenters. The van der Waals surface area contributed by atoms with E-state index in [-0.39, 0.29) is 6.61 Å². The van der Waals surface area contributed by atoms with Crippen LogP contribution in [0.25, 0.3) is 11.1 Å². The molecule has 0 saturated carbocycles. The quantitative estimate of drug-likeness (QED) is 0.867. The average molecular weight is 272 g/mol. The van der Waals surface area contributed by atoms with Gasteiger partial charge in [-0.3, -0.25) is 0 Å². The molecule has 96 valence electrons. The highest BCUT2D eigenvalue weighted by Gasteiger charge is 2.30. The first-order valence-corrected chi connectivity index (χ1v) is 6.17. The summed E-state index contributed by atoms with van der Waals surface area (Å²) in [6, 6.07) is 5.06. The number of aliphatic hydroxyl groups is 1. The Labute approximate surface area is 107 Å². The summed E-state index contributed by atoms with van der Waals surface area (Å²) in [5.41, 5.74) is 1.87. The first kappa shape index (κ1) is 13.1. The summed E-state index contributed by atoms with van der Waals surface area (Å²) in [6.45, 7) is 1.81. The predicted molar refractivity (Wildman–Crippen MR) is 65.4 cm³/mol. The first-order valence-electron chi connectivity index (χ1n) is 5.29. The number of alkyl halides is 3. The third-order valence-corrected chi connectivity index (χ3v) is 3.88. The van der Waals surface area contributed by atoms with Gasteiger partial charge in [0.05, 0.1) is 12.2 Å². The molecule has 1 nitrogen and oxygen atoms in total. The molecular weight excluding hydrogens is 261 g/mol. The fourth-order valence-electron chi connectivity index (χ4n) is 1.74. The number of thiophene rings is 1. The second kappa shape index (κ2) is 4.74. The van der Waals surface area contributed by atoms with Crippen LogP contribution in [0.2, 0.25) is 0 Å². The third-order valence-electron chi connectivity index (χ3n) is 2.81. The fraction of sp³-hybridized carbons (Fsp3) is 0.231. The Morgan fingerprint density at radius 1 is 1.17 bits per heavy atom. The minimum absolute atomic E-state index is 0.0445.